The van der Waals surface area contributed by atoms with Gasteiger partial charge in [0.05, 0.1) is 0 Å². The number of carbonyl (C=O) groups is 1. The third-order valence-electron chi connectivity index (χ3n) is 2.92. The molecule has 1 amide bonds. The van der Waals surface area contributed by atoms with Gasteiger partial charge in [0, 0.05) is 16.5 Å². The van der Waals surface area contributed by atoms with Crippen molar-refractivity contribution in [3.8, 4) is 0 Å². The Kier molecular flexibility index (Phi) is 3.19. The molecule has 1 aromatic carbocycles. The van der Waals surface area contributed by atoms with Gasteiger partial charge in [0.1, 0.15) is 5.82 Å². The first-order chi connectivity index (χ1) is 7.56. The van der Waals surface area contributed by atoms with Crippen LogP contribution in [0.1, 0.15) is 30.1 Å². The van der Waals surface area contributed by atoms with Crippen LogP contribution < -0.4 is 5.32 Å². The molecule has 0 spiro atoms. The summed E-state index contributed by atoms with van der Waals surface area (Å²) in [5, 5.41) is 2.91. The predicted molar refractivity (Wildman–Crippen MR) is 63.3 cm³/mol. The van der Waals surface area contributed by atoms with E-state index < -0.39 is 5.82 Å². The van der Waals surface area contributed by atoms with E-state index in [4.69, 9.17) is 0 Å². The van der Waals surface area contributed by atoms with Gasteiger partial charge < -0.3 is 5.32 Å². The van der Waals surface area contributed by atoms with Gasteiger partial charge in [-0.2, -0.15) is 0 Å². The lowest BCUT2D eigenvalue weighted by molar-refractivity contribution is 0.0896. The van der Waals surface area contributed by atoms with Crippen molar-refractivity contribution in [3.05, 3.63) is 29.6 Å². The zero-order chi connectivity index (χ0) is 11.7. The molecule has 1 saturated carbocycles. The number of benzene rings is 1. The molecular formula is C12H14FNOS. The van der Waals surface area contributed by atoms with E-state index in [-0.39, 0.29) is 16.8 Å². The van der Waals surface area contributed by atoms with Crippen LogP contribution in [-0.2, 0) is 0 Å². The molecule has 0 atom stereocenters. The summed E-state index contributed by atoms with van der Waals surface area (Å²) >= 11 is 3.95. The molecule has 16 heavy (non-hydrogen) atoms. The summed E-state index contributed by atoms with van der Waals surface area (Å²) in [6.07, 6.45) is 2.06. The van der Waals surface area contributed by atoms with E-state index in [0.29, 0.717) is 11.5 Å². The van der Waals surface area contributed by atoms with Crippen LogP contribution in [0, 0.1) is 11.7 Å². The van der Waals surface area contributed by atoms with E-state index in [9.17, 15) is 9.18 Å². The van der Waals surface area contributed by atoms with Crippen LogP contribution in [0.4, 0.5) is 4.39 Å². The van der Waals surface area contributed by atoms with E-state index in [1.165, 1.54) is 18.2 Å². The zero-order valence-electron chi connectivity index (χ0n) is 9.03. The molecule has 2 nitrogen and oxygen atoms in total. The molecule has 0 bridgehead atoms. The fourth-order valence-corrected chi connectivity index (χ4v) is 2.16. The van der Waals surface area contributed by atoms with E-state index in [0.717, 1.165) is 12.8 Å². The van der Waals surface area contributed by atoms with Gasteiger partial charge in [-0.25, -0.2) is 4.39 Å². The number of rotatable bonds is 2. The summed E-state index contributed by atoms with van der Waals surface area (Å²) in [5.41, 5.74) is 0.464. The molecule has 1 fully saturated rings. The van der Waals surface area contributed by atoms with Crippen LogP contribution in [0.2, 0.25) is 0 Å². The average molecular weight is 239 g/mol. The van der Waals surface area contributed by atoms with Crippen LogP contribution in [0.15, 0.2) is 23.1 Å². The van der Waals surface area contributed by atoms with Crippen LogP contribution in [0.25, 0.3) is 0 Å². The molecule has 0 aromatic heterocycles. The highest BCUT2D eigenvalue weighted by molar-refractivity contribution is 7.80. The highest BCUT2D eigenvalue weighted by atomic mass is 32.1. The summed E-state index contributed by atoms with van der Waals surface area (Å²) in [7, 11) is 0. The fraction of sp³-hybridized carbons (Fsp3) is 0.417. The third-order valence-corrected chi connectivity index (χ3v) is 3.26. The van der Waals surface area contributed by atoms with Crippen molar-refractivity contribution >= 4 is 18.5 Å². The second kappa shape index (κ2) is 4.45. The van der Waals surface area contributed by atoms with Crippen molar-refractivity contribution in [1.82, 2.24) is 5.32 Å². The Hall–Kier alpha value is -1.03. The van der Waals surface area contributed by atoms with Crippen LogP contribution in [0.3, 0.4) is 0 Å². The average Bonchev–Trinajstić information content (AvgIpc) is 2.19. The normalized spacial score (nSPS) is 23.7. The number of halogens is 1. The lowest BCUT2D eigenvalue weighted by Gasteiger charge is -2.33. The van der Waals surface area contributed by atoms with E-state index in [2.05, 4.69) is 24.9 Å². The second-order valence-corrected chi connectivity index (χ2v) is 4.89. The van der Waals surface area contributed by atoms with Crippen LogP contribution >= 0.6 is 12.6 Å². The summed E-state index contributed by atoms with van der Waals surface area (Å²) in [4.78, 5) is 12.0. The highest BCUT2D eigenvalue weighted by Crippen LogP contribution is 2.26. The Labute approximate surface area is 99.6 Å². The Morgan fingerprint density at radius 2 is 2.19 bits per heavy atom. The van der Waals surface area contributed by atoms with E-state index >= 15 is 0 Å². The van der Waals surface area contributed by atoms with Gasteiger partial charge in [-0.1, -0.05) is 6.92 Å². The molecule has 1 N–H and O–H groups in total. The van der Waals surface area contributed by atoms with Gasteiger partial charge in [-0.05, 0) is 37.0 Å². The molecule has 2 rings (SSSR count). The van der Waals surface area contributed by atoms with Crippen molar-refractivity contribution in [2.45, 2.75) is 30.7 Å². The number of carbonyl (C=O) groups excluding carboxylic acids is 1. The van der Waals surface area contributed by atoms with Gasteiger partial charge in [-0.3, -0.25) is 4.79 Å². The minimum atomic E-state index is -0.405. The molecule has 0 radical (unpaired) electrons. The molecule has 1 aliphatic carbocycles. The van der Waals surface area contributed by atoms with Crippen molar-refractivity contribution in [1.29, 1.82) is 0 Å². The van der Waals surface area contributed by atoms with Gasteiger partial charge in [0.15, 0.2) is 0 Å². The third kappa shape index (κ3) is 2.38. The summed E-state index contributed by atoms with van der Waals surface area (Å²) in [6, 6.07) is 4.47. The van der Waals surface area contributed by atoms with Crippen molar-refractivity contribution in [2.75, 3.05) is 0 Å². The van der Waals surface area contributed by atoms with E-state index in [1.807, 2.05) is 0 Å². The van der Waals surface area contributed by atoms with E-state index in [1.54, 1.807) is 0 Å². The molecule has 0 saturated heterocycles. The SMILES string of the molecule is CC1CC(NC(=O)c2ccc(F)c(S)c2)C1. The number of amides is 1. The predicted octanol–water partition coefficient (Wildman–Crippen LogP) is 2.64. The maximum absolute atomic E-state index is 12.9. The largest absolute Gasteiger partial charge is 0.349 e. The molecule has 1 aliphatic rings. The fourth-order valence-electron chi connectivity index (χ4n) is 1.94. The number of hydrogen-bond acceptors (Lipinski definition) is 2. The maximum Gasteiger partial charge on any atom is 0.251 e. The molecular weight excluding hydrogens is 225 g/mol. The smallest absolute Gasteiger partial charge is 0.251 e. The monoisotopic (exact) mass is 239 g/mol. The Balaban J connectivity index is 2.01. The Bertz CT molecular complexity index is 415. The van der Waals surface area contributed by atoms with Crippen LogP contribution in [0.5, 0.6) is 0 Å². The molecule has 0 heterocycles. The Morgan fingerprint density at radius 1 is 1.50 bits per heavy atom. The molecule has 0 unspecified atom stereocenters. The topological polar surface area (TPSA) is 29.1 Å². The first kappa shape index (κ1) is 11.5. The number of nitrogens with one attached hydrogen (secondary N) is 1. The quantitative estimate of drug-likeness (QED) is 0.763. The van der Waals surface area contributed by atoms with Gasteiger partial charge in [0.25, 0.3) is 5.91 Å². The van der Waals surface area contributed by atoms with Gasteiger partial charge in [-0.15, -0.1) is 12.6 Å². The summed E-state index contributed by atoms with van der Waals surface area (Å²) < 4.78 is 12.9. The highest BCUT2D eigenvalue weighted by Gasteiger charge is 2.26. The molecule has 1 aromatic rings. The standard InChI is InChI=1S/C12H14FNOS/c1-7-4-9(5-7)14-12(15)8-2-3-10(13)11(16)6-8/h2-3,6-7,9,16H,4-5H2,1H3,(H,14,15). The van der Waals surface area contributed by atoms with Crippen molar-refractivity contribution < 1.29 is 9.18 Å². The number of hydrogen-bond donors (Lipinski definition) is 2. The van der Waals surface area contributed by atoms with Crippen LogP contribution in [-0.4, -0.2) is 11.9 Å². The minimum Gasteiger partial charge on any atom is -0.349 e. The zero-order valence-corrected chi connectivity index (χ0v) is 9.93. The maximum atomic E-state index is 12.9. The lowest BCUT2D eigenvalue weighted by atomic mass is 9.82. The molecule has 86 valence electrons. The Morgan fingerprint density at radius 3 is 2.75 bits per heavy atom. The second-order valence-electron chi connectivity index (χ2n) is 4.41. The summed E-state index contributed by atoms with van der Waals surface area (Å²) in [6.45, 7) is 2.16. The van der Waals surface area contributed by atoms with Gasteiger partial charge in [0.2, 0.25) is 0 Å². The first-order valence-electron chi connectivity index (χ1n) is 5.35. The molecule has 0 aliphatic heterocycles. The minimum absolute atomic E-state index is 0.146. The van der Waals surface area contributed by atoms with Crippen molar-refractivity contribution in [3.63, 3.8) is 0 Å². The molecule has 4 heteroatoms. The first-order valence-corrected chi connectivity index (χ1v) is 5.80. The summed E-state index contributed by atoms with van der Waals surface area (Å²) in [5.74, 6) is 0.142. The van der Waals surface area contributed by atoms with Crippen molar-refractivity contribution in [2.24, 2.45) is 5.92 Å². The van der Waals surface area contributed by atoms with Gasteiger partial charge >= 0.3 is 0 Å². The lowest BCUT2D eigenvalue weighted by Crippen LogP contribution is -2.43. The number of thiol groups is 1.